The highest BCUT2D eigenvalue weighted by Gasteiger charge is 2.44. The number of Topliss-reactive ketones (excluding diaryl/α,β-unsaturated/α-hetero) is 2. The number of thioether (sulfide) groups is 1. The number of hydrogen-bond donors (Lipinski definition) is 6. The van der Waals surface area contributed by atoms with E-state index in [1.54, 1.807) is 50.9 Å². The number of nitrogens with zero attached hydrogens (tertiary/aromatic N) is 6. The Bertz CT molecular complexity index is 3420. The number of likely N-dealkylation sites (tertiary alicyclic amines) is 2. The number of methoxy groups -OCH3 is 2. The standard InChI is InChI=1S/C84H130N12O11S/c1-18-58(8)78(94(13)82(104)68(55(2)3)46-59(9)77(57(6)7)93(11)12)72(106-15)50-75(101)95-42-26-32-69(95)79(107-16)60(10)70(97)49-66(47-61-28-21-19-22-29-61)80(102)88-52-62-35-37-67(38-36-62)91-81(103)65(31-25-41-86-83(85)105)48-71(98)76(56(4)5)92-74(100)34-27-43-96(14)44-39-63(40-45-96)51-87-73(99)33-24-20-23-30-64-53-89-84(108-17)90-54-64/h19,21-22,28-29,35-38,53-58,60,63,65-66,68-69,72,76-79H,9,18,20,24-27,31-34,39-52H2,1-8,10-17H3,(H6-,85,86,87,88,91,92,99,100,102,103,105)/p+1/t58-,60-,63?,65+,66+,68-,69-,72+,76-,77-,78-,79+,96?/m0/s1. The molecule has 24 heteroatoms. The topological polar surface area (TPSA) is 294 Å². The van der Waals surface area contributed by atoms with Crippen molar-refractivity contribution in [3.8, 4) is 11.8 Å². The Balaban J connectivity index is 1.15. The van der Waals surface area contributed by atoms with Crippen LogP contribution in [0.2, 0.25) is 0 Å². The van der Waals surface area contributed by atoms with Gasteiger partial charge >= 0.3 is 6.03 Å². The third kappa shape index (κ3) is 29.4. The van der Waals surface area contributed by atoms with Crippen molar-refractivity contribution in [2.75, 3.05) is 93.3 Å². The zero-order valence-electron chi connectivity index (χ0n) is 67.8. The minimum absolute atomic E-state index is 0.000845. The zero-order chi connectivity index (χ0) is 79.8. The molecule has 11 atom stereocenters. The molecule has 3 aromatic rings. The highest BCUT2D eigenvalue weighted by molar-refractivity contribution is 7.98. The molecule has 0 unspecified atom stereocenters. The molecule has 23 nitrogen and oxygen atoms in total. The first kappa shape index (κ1) is 91.1. The van der Waals surface area contributed by atoms with Gasteiger partial charge in [0.05, 0.1) is 69.0 Å². The van der Waals surface area contributed by atoms with Gasteiger partial charge in [0, 0.05) is 147 Å². The van der Waals surface area contributed by atoms with Crippen molar-refractivity contribution in [3.05, 3.63) is 95.8 Å². The number of ketones is 2. The van der Waals surface area contributed by atoms with Crippen LogP contribution in [0.1, 0.15) is 182 Å². The van der Waals surface area contributed by atoms with E-state index in [-0.39, 0.29) is 116 Å². The van der Waals surface area contributed by atoms with Crippen molar-refractivity contribution >= 4 is 70.5 Å². The molecule has 598 valence electrons. The summed E-state index contributed by atoms with van der Waals surface area (Å²) < 4.78 is 13.2. The van der Waals surface area contributed by atoms with Gasteiger partial charge in [-0.25, -0.2) is 14.8 Å². The maximum Gasteiger partial charge on any atom is 0.312 e. The van der Waals surface area contributed by atoms with Crippen LogP contribution in [0.4, 0.5) is 10.5 Å². The smallest absolute Gasteiger partial charge is 0.312 e. The highest BCUT2D eigenvalue weighted by atomic mass is 32.2. The van der Waals surface area contributed by atoms with Gasteiger partial charge in [-0.3, -0.25) is 38.4 Å². The van der Waals surface area contributed by atoms with Crippen LogP contribution in [0.25, 0.3) is 0 Å². The molecule has 3 heterocycles. The Morgan fingerprint density at radius 2 is 1.41 bits per heavy atom. The second-order valence-corrected chi connectivity index (χ2v) is 32.5. The predicted molar refractivity (Wildman–Crippen MR) is 428 cm³/mol. The average Bonchev–Trinajstić information content (AvgIpc) is 1.41. The second kappa shape index (κ2) is 46.2. The number of ether oxygens (including phenoxy) is 2. The van der Waals surface area contributed by atoms with Gasteiger partial charge in [0.1, 0.15) is 5.78 Å². The Kier molecular flexibility index (Phi) is 38.9. The molecule has 1 aromatic heterocycles. The number of nitrogens with one attached hydrogen (secondary N) is 5. The number of piperidine rings is 1. The largest absolute Gasteiger partial charge is 0.379 e. The van der Waals surface area contributed by atoms with Gasteiger partial charge in [0.15, 0.2) is 10.9 Å². The van der Waals surface area contributed by atoms with Crippen molar-refractivity contribution < 1.29 is 57.1 Å². The van der Waals surface area contributed by atoms with E-state index < -0.39 is 60.0 Å². The normalized spacial score (nSPS) is 18.6. The zero-order valence-corrected chi connectivity index (χ0v) is 68.7. The average molecular weight is 1520 g/mol. The molecule has 5 rings (SSSR count). The first-order chi connectivity index (χ1) is 51.3. The number of amides is 8. The molecular weight excluding hydrogens is 1390 g/mol. The van der Waals surface area contributed by atoms with Crippen LogP contribution in [0.15, 0.2) is 84.3 Å². The summed E-state index contributed by atoms with van der Waals surface area (Å²) in [6.45, 7) is 26.7. The Morgan fingerprint density at radius 3 is 2.00 bits per heavy atom. The Hall–Kier alpha value is -7.56. The number of quaternary nitrogens is 1. The second-order valence-electron chi connectivity index (χ2n) is 31.8. The lowest BCUT2D eigenvalue weighted by Crippen LogP contribution is -2.54. The summed E-state index contributed by atoms with van der Waals surface area (Å²) >= 11 is 1.47. The Morgan fingerprint density at radius 1 is 0.750 bits per heavy atom. The number of primary amides is 1. The minimum atomic E-state index is -0.834. The van der Waals surface area contributed by atoms with Gasteiger partial charge in [-0.1, -0.05) is 147 Å². The van der Waals surface area contributed by atoms with Gasteiger partial charge in [-0.2, -0.15) is 0 Å². The lowest BCUT2D eigenvalue weighted by molar-refractivity contribution is -0.915. The number of carbonyl (C=O) groups excluding carboxylic acids is 9. The number of unbranched alkanes of at least 4 members (excludes halogenated alkanes) is 1. The molecular formula is C84H131N12O11S+. The first-order valence-electron chi connectivity index (χ1n) is 39.3. The van der Waals surface area contributed by atoms with Crippen molar-refractivity contribution in [2.24, 2.45) is 59.0 Å². The number of likely N-dealkylation sites (N-methyl/N-ethyl adjacent to an activating group) is 2. The number of urea groups is 1. The van der Waals surface area contributed by atoms with E-state index in [1.165, 1.54) is 11.8 Å². The quantitative estimate of drug-likeness (QED) is 0.00765. The van der Waals surface area contributed by atoms with Crippen LogP contribution in [0.5, 0.6) is 0 Å². The van der Waals surface area contributed by atoms with Crippen LogP contribution in [-0.4, -0.2) is 207 Å². The van der Waals surface area contributed by atoms with Gasteiger partial charge in [-0.05, 0) is 118 Å². The maximum absolute atomic E-state index is 14.7. The van der Waals surface area contributed by atoms with Crippen molar-refractivity contribution in [3.63, 3.8) is 0 Å². The fraction of sp³-hybridized carbons (Fsp3) is 0.655. The van der Waals surface area contributed by atoms with Gasteiger partial charge in [0.2, 0.25) is 35.4 Å². The van der Waals surface area contributed by atoms with E-state index in [4.69, 9.17) is 15.2 Å². The summed E-state index contributed by atoms with van der Waals surface area (Å²) in [6.07, 6.45) is 11.8. The summed E-state index contributed by atoms with van der Waals surface area (Å²) in [5.74, 6) is 2.51. The molecule has 0 bridgehead atoms. The van der Waals surface area contributed by atoms with Crippen molar-refractivity contribution in [2.45, 2.75) is 220 Å². The fourth-order valence-corrected chi connectivity index (χ4v) is 16.0. The van der Waals surface area contributed by atoms with Gasteiger partial charge in [-0.15, -0.1) is 0 Å². The molecule has 0 saturated carbocycles. The number of benzene rings is 2. The van der Waals surface area contributed by atoms with Crippen LogP contribution in [-0.2, 0) is 60.8 Å². The molecule has 2 fully saturated rings. The molecule has 0 spiro atoms. The van der Waals surface area contributed by atoms with E-state index in [9.17, 15) is 43.2 Å². The molecule has 0 radical (unpaired) electrons. The van der Waals surface area contributed by atoms with Crippen LogP contribution in [0.3, 0.4) is 0 Å². The number of rotatable bonds is 46. The monoisotopic (exact) mass is 1520 g/mol. The van der Waals surface area contributed by atoms with Gasteiger partial charge < -0.3 is 61.0 Å². The van der Waals surface area contributed by atoms with Gasteiger partial charge in [0.25, 0.3) is 0 Å². The molecule has 108 heavy (non-hydrogen) atoms. The Labute approximate surface area is 649 Å². The molecule has 2 aliphatic rings. The molecule has 8 amide bonds. The lowest BCUT2D eigenvalue weighted by atomic mass is 9.82. The minimum Gasteiger partial charge on any atom is -0.379 e. The number of carbonyl (C=O) groups is 9. The summed E-state index contributed by atoms with van der Waals surface area (Å²) in [5, 5.41) is 15.4. The molecule has 0 aliphatic carbocycles. The summed E-state index contributed by atoms with van der Waals surface area (Å²) in [6, 6.07) is 14.3. The fourth-order valence-electron chi connectivity index (χ4n) is 15.7. The third-order valence-electron chi connectivity index (χ3n) is 22.2. The van der Waals surface area contributed by atoms with E-state index in [1.807, 2.05) is 88.3 Å². The van der Waals surface area contributed by atoms with E-state index in [0.29, 0.717) is 93.6 Å². The van der Waals surface area contributed by atoms with Crippen molar-refractivity contribution in [1.29, 1.82) is 0 Å². The van der Waals surface area contributed by atoms with Crippen LogP contribution >= 0.6 is 11.8 Å². The SMILES string of the molecule is C=C(C[C@H](C(=O)N(C)[C@@H]([C@@H](C)CC)[C@@H](CC(=O)N1CCC[C@H]1[C@H](OC)[C@@H](C)C(=O)C[C@@H](Cc1ccccc1)C(=O)NCc1ccc(NC(=O)[C@H](CCCNC(N)=O)CC(=O)[C@@H](NC(=O)CCC[N+]2(C)CCC(CNC(=O)CCCC#Cc3cnc(SC)nc3)CC2)C(C)C)cc1)OC)C(C)C)[C@H](C(C)C)N(C)C. The molecule has 2 aromatic carbocycles. The number of hydrogen-bond acceptors (Lipinski definition) is 15. The van der Waals surface area contributed by atoms with E-state index in [0.717, 1.165) is 65.6 Å². The molecule has 7 N–H and O–H groups in total. The lowest BCUT2D eigenvalue weighted by Gasteiger charge is -2.41. The first-order valence-corrected chi connectivity index (χ1v) is 40.6. The molecule has 2 aliphatic heterocycles. The third-order valence-corrected chi connectivity index (χ3v) is 22.7. The summed E-state index contributed by atoms with van der Waals surface area (Å²) in [5.41, 5.74) is 9.18. The molecule has 2 saturated heterocycles. The van der Waals surface area contributed by atoms with Crippen molar-refractivity contribution in [1.82, 2.24) is 45.9 Å². The number of anilines is 1. The summed E-state index contributed by atoms with van der Waals surface area (Å²) in [7, 11) is 11.3. The van der Waals surface area contributed by atoms with E-state index >= 15 is 0 Å². The number of nitrogens with two attached hydrogens (primary N) is 1. The van der Waals surface area contributed by atoms with E-state index in [2.05, 4.69) is 108 Å². The summed E-state index contributed by atoms with van der Waals surface area (Å²) in [4.78, 5) is 139. The van der Waals surface area contributed by atoms with Crippen LogP contribution in [0, 0.1) is 65.1 Å². The predicted octanol–water partition coefficient (Wildman–Crippen LogP) is 10.4. The highest BCUT2D eigenvalue weighted by Crippen LogP contribution is 2.34. The van der Waals surface area contributed by atoms with Crippen LogP contribution < -0.4 is 32.3 Å². The maximum atomic E-state index is 14.7. The number of aromatic nitrogens is 2.